The molecule has 0 spiro atoms. The van der Waals surface area contributed by atoms with Crippen LogP contribution in [-0.2, 0) is 16.1 Å². The summed E-state index contributed by atoms with van der Waals surface area (Å²) in [6.45, 7) is 0.0341. The average Bonchev–Trinajstić information content (AvgIpc) is 3.44. The number of ether oxygens (including phenoxy) is 1. The number of halogens is 2. The maximum absolute atomic E-state index is 13.3. The SMILES string of the molecule is O=C(O)C(c1ccc(F)cc1Cl)N(C(=O)OCc1ccccc1)C1CC1. The van der Waals surface area contributed by atoms with Gasteiger partial charge in [0, 0.05) is 16.6 Å². The van der Waals surface area contributed by atoms with Crippen molar-refractivity contribution in [2.45, 2.75) is 31.5 Å². The van der Waals surface area contributed by atoms with Crippen LogP contribution in [0.25, 0.3) is 0 Å². The molecule has 1 aliphatic carbocycles. The topological polar surface area (TPSA) is 66.8 Å². The van der Waals surface area contributed by atoms with Crippen LogP contribution < -0.4 is 0 Å². The van der Waals surface area contributed by atoms with Gasteiger partial charge in [0.25, 0.3) is 0 Å². The van der Waals surface area contributed by atoms with Crippen LogP contribution in [0.5, 0.6) is 0 Å². The molecule has 2 aromatic rings. The number of carboxylic acid groups (broad SMARTS) is 1. The molecule has 0 heterocycles. The Balaban J connectivity index is 1.84. The highest BCUT2D eigenvalue weighted by atomic mass is 35.5. The van der Waals surface area contributed by atoms with Crippen LogP contribution in [0.15, 0.2) is 48.5 Å². The van der Waals surface area contributed by atoms with Crippen LogP contribution in [0, 0.1) is 5.82 Å². The van der Waals surface area contributed by atoms with E-state index in [1.807, 2.05) is 18.2 Å². The highest BCUT2D eigenvalue weighted by Crippen LogP contribution is 2.37. The summed E-state index contributed by atoms with van der Waals surface area (Å²) in [7, 11) is 0. The second-order valence-electron chi connectivity index (χ2n) is 6.09. The number of benzene rings is 2. The van der Waals surface area contributed by atoms with E-state index in [-0.39, 0.29) is 23.2 Å². The number of rotatable bonds is 6. The Morgan fingerprint density at radius 1 is 1.23 bits per heavy atom. The molecule has 26 heavy (non-hydrogen) atoms. The van der Waals surface area contributed by atoms with E-state index in [0.717, 1.165) is 17.7 Å². The average molecular weight is 378 g/mol. The molecule has 0 radical (unpaired) electrons. The number of aliphatic carboxylic acids is 1. The van der Waals surface area contributed by atoms with Crippen LogP contribution in [-0.4, -0.2) is 28.1 Å². The fraction of sp³-hybridized carbons (Fsp3) is 0.263. The van der Waals surface area contributed by atoms with E-state index in [4.69, 9.17) is 16.3 Å². The lowest BCUT2D eigenvalue weighted by Gasteiger charge is -2.29. The molecule has 1 unspecified atom stereocenters. The molecule has 2 aromatic carbocycles. The zero-order chi connectivity index (χ0) is 18.7. The van der Waals surface area contributed by atoms with Gasteiger partial charge in [-0.05, 0) is 30.5 Å². The molecule has 1 saturated carbocycles. The second-order valence-corrected chi connectivity index (χ2v) is 6.49. The minimum atomic E-state index is -1.33. The van der Waals surface area contributed by atoms with Crippen LogP contribution in [0.3, 0.4) is 0 Å². The third kappa shape index (κ3) is 4.14. The first-order valence-corrected chi connectivity index (χ1v) is 8.52. The van der Waals surface area contributed by atoms with Gasteiger partial charge in [-0.15, -0.1) is 0 Å². The minimum absolute atomic E-state index is 0.0341. The molecule has 136 valence electrons. The van der Waals surface area contributed by atoms with Gasteiger partial charge in [0.15, 0.2) is 6.04 Å². The number of amides is 1. The molecular formula is C19H17ClFNO4. The van der Waals surface area contributed by atoms with Gasteiger partial charge < -0.3 is 9.84 Å². The lowest BCUT2D eigenvalue weighted by molar-refractivity contribution is -0.143. The monoisotopic (exact) mass is 377 g/mol. The number of carboxylic acids is 1. The van der Waals surface area contributed by atoms with Gasteiger partial charge in [-0.25, -0.2) is 14.0 Å². The molecule has 3 rings (SSSR count). The van der Waals surface area contributed by atoms with Gasteiger partial charge in [-0.2, -0.15) is 0 Å². The molecule has 1 fully saturated rings. The number of carbonyl (C=O) groups excluding carboxylic acids is 1. The van der Waals surface area contributed by atoms with Crippen LogP contribution in [0.2, 0.25) is 5.02 Å². The number of nitrogens with zero attached hydrogens (tertiary/aromatic N) is 1. The summed E-state index contributed by atoms with van der Waals surface area (Å²) in [4.78, 5) is 25.7. The maximum atomic E-state index is 13.3. The third-order valence-corrected chi connectivity index (χ3v) is 4.45. The first kappa shape index (κ1) is 18.2. The highest BCUT2D eigenvalue weighted by Gasteiger charge is 2.43. The Morgan fingerprint density at radius 2 is 1.92 bits per heavy atom. The van der Waals surface area contributed by atoms with Crippen LogP contribution in [0.1, 0.15) is 30.0 Å². The van der Waals surface area contributed by atoms with Crippen molar-refractivity contribution in [2.75, 3.05) is 0 Å². The summed E-state index contributed by atoms with van der Waals surface area (Å²) in [5, 5.41) is 9.66. The molecule has 1 atom stereocenters. The van der Waals surface area contributed by atoms with Crippen molar-refractivity contribution in [3.05, 3.63) is 70.5 Å². The molecule has 1 N–H and O–H groups in total. The number of hydrogen-bond donors (Lipinski definition) is 1. The van der Waals surface area contributed by atoms with E-state index in [0.29, 0.717) is 12.8 Å². The van der Waals surface area contributed by atoms with Gasteiger partial charge in [0.2, 0.25) is 0 Å². The quantitative estimate of drug-likeness (QED) is 0.809. The van der Waals surface area contributed by atoms with E-state index < -0.39 is 23.9 Å². The summed E-state index contributed by atoms with van der Waals surface area (Å²) in [5.74, 6) is -1.82. The molecule has 0 bridgehead atoms. The van der Waals surface area contributed by atoms with E-state index in [9.17, 15) is 19.1 Å². The molecule has 1 aliphatic rings. The number of carbonyl (C=O) groups is 2. The van der Waals surface area contributed by atoms with Crippen molar-refractivity contribution >= 4 is 23.7 Å². The standard InChI is InChI=1S/C19H17ClFNO4/c20-16-10-13(21)6-9-15(16)17(18(23)24)22(14-7-8-14)19(25)26-11-12-4-2-1-3-5-12/h1-6,9-10,14,17H,7-8,11H2,(H,23,24). The fourth-order valence-electron chi connectivity index (χ4n) is 2.74. The summed E-state index contributed by atoms with van der Waals surface area (Å²) in [5.41, 5.74) is 0.951. The normalized spacial score (nSPS) is 14.5. The summed E-state index contributed by atoms with van der Waals surface area (Å²) >= 11 is 6.03. The Hall–Kier alpha value is -2.60. The first-order chi connectivity index (χ1) is 12.5. The Morgan fingerprint density at radius 3 is 2.50 bits per heavy atom. The third-order valence-electron chi connectivity index (χ3n) is 4.13. The Kier molecular flexibility index (Phi) is 5.42. The summed E-state index contributed by atoms with van der Waals surface area (Å²) in [6, 6.07) is 11.0. The van der Waals surface area contributed by atoms with Gasteiger partial charge in [-0.1, -0.05) is 48.0 Å². The van der Waals surface area contributed by atoms with Gasteiger partial charge in [-0.3, -0.25) is 4.90 Å². The predicted octanol–water partition coefficient (Wildman–Crippen LogP) is 4.41. The smallest absolute Gasteiger partial charge is 0.411 e. The Bertz CT molecular complexity index is 810. The fourth-order valence-corrected chi connectivity index (χ4v) is 3.01. The van der Waals surface area contributed by atoms with Crippen molar-refractivity contribution in [3.8, 4) is 0 Å². The lowest BCUT2D eigenvalue weighted by atomic mass is 10.1. The zero-order valence-electron chi connectivity index (χ0n) is 13.8. The van der Waals surface area contributed by atoms with Crippen molar-refractivity contribution in [3.63, 3.8) is 0 Å². The summed E-state index contributed by atoms with van der Waals surface area (Å²) < 4.78 is 18.6. The molecule has 0 aromatic heterocycles. The lowest BCUT2D eigenvalue weighted by Crippen LogP contribution is -2.41. The van der Waals surface area contributed by atoms with Crippen molar-refractivity contribution in [1.29, 1.82) is 0 Å². The molecule has 5 nitrogen and oxygen atoms in total. The number of hydrogen-bond acceptors (Lipinski definition) is 3. The predicted molar refractivity (Wildman–Crippen MR) is 93.3 cm³/mol. The molecule has 0 saturated heterocycles. The molecule has 1 amide bonds. The minimum Gasteiger partial charge on any atom is -0.479 e. The zero-order valence-corrected chi connectivity index (χ0v) is 14.5. The highest BCUT2D eigenvalue weighted by molar-refractivity contribution is 6.31. The van der Waals surface area contributed by atoms with Gasteiger partial charge in [0.05, 0.1) is 0 Å². The van der Waals surface area contributed by atoms with Gasteiger partial charge >= 0.3 is 12.1 Å². The van der Waals surface area contributed by atoms with Crippen LogP contribution >= 0.6 is 11.6 Å². The Labute approximate surface area is 154 Å². The maximum Gasteiger partial charge on any atom is 0.411 e. The van der Waals surface area contributed by atoms with E-state index >= 15 is 0 Å². The van der Waals surface area contributed by atoms with Gasteiger partial charge in [0.1, 0.15) is 12.4 Å². The molecule has 0 aliphatic heterocycles. The second kappa shape index (κ2) is 7.74. The van der Waals surface area contributed by atoms with E-state index in [1.165, 1.54) is 11.0 Å². The van der Waals surface area contributed by atoms with Crippen molar-refractivity contribution in [2.24, 2.45) is 0 Å². The summed E-state index contributed by atoms with van der Waals surface area (Å²) in [6.07, 6.45) is 0.635. The largest absolute Gasteiger partial charge is 0.479 e. The van der Waals surface area contributed by atoms with Crippen molar-refractivity contribution < 1.29 is 23.8 Å². The van der Waals surface area contributed by atoms with E-state index in [2.05, 4.69) is 0 Å². The van der Waals surface area contributed by atoms with Crippen molar-refractivity contribution in [1.82, 2.24) is 4.90 Å². The molecular weight excluding hydrogens is 361 g/mol. The molecule has 7 heteroatoms. The van der Waals surface area contributed by atoms with E-state index in [1.54, 1.807) is 12.1 Å². The first-order valence-electron chi connectivity index (χ1n) is 8.14. The van der Waals surface area contributed by atoms with Crippen LogP contribution in [0.4, 0.5) is 9.18 Å².